The molecule has 2 amide bonds. The van der Waals surface area contributed by atoms with E-state index in [0.717, 1.165) is 0 Å². The molecule has 0 bridgehead atoms. The highest BCUT2D eigenvalue weighted by Crippen LogP contribution is 2.35. The van der Waals surface area contributed by atoms with Gasteiger partial charge >= 0.3 is 0 Å². The van der Waals surface area contributed by atoms with Gasteiger partial charge in [0.15, 0.2) is 16.6 Å². The van der Waals surface area contributed by atoms with Crippen molar-refractivity contribution in [3.05, 3.63) is 56.5 Å². The molecule has 0 unspecified atom stereocenters. The first-order valence-electron chi connectivity index (χ1n) is 8.95. The van der Waals surface area contributed by atoms with Gasteiger partial charge in [0.1, 0.15) is 5.57 Å². The Morgan fingerprint density at radius 3 is 2.67 bits per heavy atom. The Hall–Kier alpha value is -2.42. The Bertz CT molecular complexity index is 1090. The van der Waals surface area contributed by atoms with Gasteiger partial charge in [0.05, 0.1) is 19.4 Å². The summed E-state index contributed by atoms with van der Waals surface area (Å²) in [5.41, 5.74) is 1.68. The number of amides is 2. The van der Waals surface area contributed by atoms with Crippen molar-refractivity contribution in [3.63, 3.8) is 0 Å². The third-order valence-corrected chi connectivity index (χ3v) is 5.85. The predicted octanol–water partition coefficient (Wildman–Crippen LogP) is 4.65. The molecule has 2 aromatic carbocycles. The fourth-order valence-electron chi connectivity index (χ4n) is 2.96. The minimum absolute atomic E-state index is 0.00384. The number of rotatable bonds is 5. The number of nitrogens with one attached hydrogen (secondary N) is 1. The van der Waals surface area contributed by atoms with E-state index in [1.165, 1.54) is 18.1 Å². The third kappa shape index (κ3) is 4.21. The lowest BCUT2D eigenvalue weighted by atomic mass is 10.1. The number of nitrogens with zero attached hydrogens (tertiary/aromatic N) is 1. The highest BCUT2D eigenvalue weighted by molar-refractivity contribution is 9.10. The Kier molecular flexibility index (Phi) is 6.80. The monoisotopic (exact) mass is 508 g/mol. The molecule has 1 saturated heterocycles. The maximum atomic E-state index is 13.2. The van der Waals surface area contributed by atoms with Gasteiger partial charge in [0, 0.05) is 9.50 Å². The zero-order valence-corrected chi connectivity index (χ0v) is 19.6. The highest BCUT2D eigenvalue weighted by atomic mass is 79.9. The van der Waals surface area contributed by atoms with Crippen molar-refractivity contribution in [3.8, 4) is 11.5 Å². The van der Waals surface area contributed by atoms with E-state index >= 15 is 0 Å². The summed E-state index contributed by atoms with van der Waals surface area (Å²) in [5, 5.41) is 3.06. The summed E-state index contributed by atoms with van der Waals surface area (Å²) in [6, 6.07) is 8.56. The van der Waals surface area contributed by atoms with Gasteiger partial charge in [0.25, 0.3) is 11.8 Å². The van der Waals surface area contributed by atoms with Crippen LogP contribution in [0.2, 0.25) is 5.02 Å². The molecule has 0 atom stereocenters. The maximum absolute atomic E-state index is 13.2. The van der Waals surface area contributed by atoms with Crippen LogP contribution in [-0.2, 0) is 9.59 Å². The maximum Gasteiger partial charge on any atom is 0.270 e. The summed E-state index contributed by atoms with van der Waals surface area (Å²) in [6.45, 7) is 4.11. The molecule has 1 aliphatic heterocycles. The Morgan fingerprint density at radius 2 is 2.00 bits per heavy atom. The Balaban J connectivity index is 2.08. The molecule has 6 nitrogen and oxygen atoms in total. The van der Waals surface area contributed by atoms with Gasteiger partial charge < -0.3 is 9.47 Å². The van der Waals surface area contributed by atoms with E-state index in [2.05, 4.69) is 21.2 Å². The van der Waals surface area contributed by atoms with Crippen LogP contribution < -0.4 is 19.7 Å². The van der Waals surface area contributed by atoms with E-state index in [4.69, 9.17) is 33.3 Å². The molecule has 9 heteroatoms. The second kappa shape index (κ2) is 9.16. The van der Waals surface area contributed by atoms with Gasteiger partial charge in [-0.05, 0) is 67.5 Å². The van der Waals surface area contributed by atoms with Crippen LogP contribution in [0.5, 0.6) is 11.5 Å². The van der Waals surface area contributed by atoms with E-state index < -0.39 is 11.8 Å². The average Bonchev–Trinajstić information content (AvgIpc) is 2.69. The van der Waals surface area contributed by atoms with Gasteiger partial charge in [-0.3, -0.25) is 19.8 Å². The molecule has 1 fully saturated rings. The van der Waals surface area contributed by atoms with Crippen LogP contribution >= 0.6 is 39.7 Å². The summed E-state index contributed by atoms with van der Waals surface area (Å²) in [4.78, 5) is 27.1. The SMILES string of the molecule is CCOc1cc(Br)c(/C=C2\C(=O)NC(=S)N(c3cccc(Cl)c3C)C2=O)cc1OC. The highest BCUT2D eigenvalue weighted by Gasteiger charge is 2.35. The number of carbonyl (C=O) groups is 2. The second-order valence-corrected chi connectivity index (χ2v) is 7.95. The lowest BCUT2D eigenvalue weighted by Gasteiger charge is -2.30. The number of methoxy groups -OCH3 is 1. The first-order chi connectivity index (χ1) is 14.3. The molecule has 0 aliphatic carbocycles. The summed E-state index contributed by atoms with van der Waals surface area (Å²) in [7, 11) is 1.52. The van der Waals surface area contributed by atoms with Crippen molar-refractivity contribution in [2.45, 2.75) is 13.8 Å². The standard InChI is InChI=1S/C21H18BrClN2O4S/c1-4-29-18-10-14(22)12(9-17(18)28-3)8-13-19(26)24-21(30)25(20(13)27)16-7-5-6-15(23)11(16)2/h5-10H,4H2,1-3H3,(H,24,26,30)/b13-8+. The predicted molar refractivity (Wildman–Crippen MR) is 124 cm³/mol. The minimum Gasteiger partial charge on any atom is -0.493 e. The molecule has 1 N–H and O–H groups in total. The minimum atomic E-state index is -0.583. The summed E-state index contributed by atoms with van der Waals surface area (Å²) in [5.74, 6) is -0.103. The topological polar surface area (TPSA) is 67.9 Å². The van der Waals surface area contributed by atoms with Crippen molar-refractivity contribution in [1.82, 2.24) is 5.32 Å². The zero-order chi connectivity index (χ0) is 22.0. The van der Waals surface area contributed by atoms with Crippen LogP contribution in [0.25, 0.3) is 6.08 Å². The first kappa shape index (κ1) is 22.3. The Labute approximate surface area is 192 Å². The van der Waals surface area contributed by atoms with E-state index in [9.17, 15) is 9.59 Å². The van der Waals surface area contributed by atoms with Gasteiger partial charge in [-0.15, -0.1) is 0 Å². The van der Waals surface area contributed by atoms with Crippen molar-refractivity contribution in [2.24, 2.45) is 0 Å². The fraction of sp³-hybridized carbons (Fsp3) is 0.190. The number of halogens is 2. The molecular weight excluding hydrogens is 492 g/mol. The van der Waals surface area contributed by atoms with Gasteiger partial charge in [-0.1, -0.05) is 33.6 Å². The van der Waals surface area contributed by atoms with Crippen LogP contribution in [-0.4, -0.2) is 30.6 Å². The van der Waals surface area contributed by atoms with Crippen LogP contribution in [0.1, 0.15) is 18.1 Å². The molecule has 3 rings (SSSR count). The molecule has 1 heterocycles. The molecule has 0 spiro atoms. The van der Waals surface area contributed by atoms with E-state index in [0.29, 0.717) is 44.4 Å². The number of thiocarbonyl (C=S) groups is 1. The lowest BCUT2D eigenvalue weighted by molar-refractivity contribution is -0.122. The third-order valence-electron chi connectivity index (χ3n) is 4.46. The van der Waals surface area contributed by atoms with Crippen LogP contribution in [0.15, 0.2) is 40.4 Å². The quantitative estimate of drug-likeness (QED) is 0.361. The number of hydrogen-bond acceptors (Lipinski definition) is 5. The zero-order valence-electron chi connectivity index (χ0n) is 16.4. The van der Waals surface area contributed by atoms with E-state index in [1.54, 1.807) is 37.3 Å². The molecule has 1 aliphatic rings. The van der Waals surface area contributed by atoms with Crippen LogP contribution in [0, 0.1) is 6.92 Å². The second-order valence-electron chi connectivity index (χ2n) is 6.30. The van der Waals surface area contributed by atoms with Crippen molar-refractivity contribution >= 4 is 68.4 Å². The average molecular weight is 510 g/mol. The first-order valence-corrected chi connectivity index (χ1v) is 10.5. The molecular formula is C21H18BrClN2O4S. The molecule has 156 valence electrons. The number of hydrogen-bond donors (Lipinski definition) is 1. The summed E-state index contributed by atoms with van der Waals surface area (Å²) < 4.78 is 11.6. The molecule has 0 radical (unpaired) electrons. The normalized spacial score (nSPS) is 15.4. The molecule has 30 heavy (non-hydrogen) atoms. The van der Waals surface area contributed by atoms with Gasteiger partial charge in [-0.25, -0.2) is 0 Å². The summed E-state index contributed by atoms with van der Waals surface area (Å²) >= 11 is 14.9. The molecule has 0 aromatic heterocycles. The Morgan fingerprint density at radius 1 is 1.27 bits per heavy atom. The van der Waals surface area contributed by atoms with Crippen molar-refractivity contribution in [1.29, 1.82) is 0 Å². The number of anilines is 1. The van der Waals surface area contributed by atoms with E-state index in [-0.39, 0.29) is 10.7 Å². The van der Waals surface area contributed by atoms with Gasteiger partial charge in [0.2, 0.25) is 0 Å². The largest absolute Gasteiger partial charge is 0.493 e. The van der Waals surface area contributed by atoms with Crippen molar-refractivity contribution in [2.75, 3.05) is 18.6 Å². The number of ether oxygens (including phenoxy) is 2. The summed E-state index contributed by atoms with van der Waals surface area (Å²) in [6.07, 6.45) is 1.48. The fourth-order valence-corrected chi connectivity index (χ4v) is 3.84. The number of carbonyl (C=O) groups excluding carboxylic acids is 2. The van der Waals surface area contributed by atoms with Gasteiger partial charge in [-0.2, -0.15) is 0 Å². The van der Waals surface area contributed by atoms with Crippen molar-refractivity contribution < 1.29 is 19.1 Å². The lowest BCUT2D eigenvalue weighted by Crippen LogP contribution is -2.54. The van der Waals surface area contributed by atoms with E-state index in [1.807, 2.05) is 6.92 Å². The molecule has 0 saturated carbocycles. The number of benzene rings is 2. The van der Waals surface area contributed by atoms with Crippen LogP contribution in [0.3, 0.4) is 0 Å². The molecule has 2 aromatic rings. The van der Waals surface area contributed by atoms with Crippen LogP contribution in [0.4, 0.5) is 5.69 Å². The smallest absolute Gasteiger partial charge is 0.270 e.